The van der Waals surface area contributed by atoms with Crippen molar-refractivity contribution < 1.29 is 4.57 Å². The molecule has 0 atom stereocenters. The zero-order valence-electron chi connectivity index (χ0n) is 13.3. The number of hydrogen-bond donors (Lipinski definition) is 0. The molecule has 0 spiro atoms. The first-order chi connectivity index (χ1) is 9.73. The monoisotopic (exact) mass is 294 g/mol. The fourth-order valence-corrected chi connectivity index (χ4v) is 5.58. The largest absolute Gasteiger partial charge is 0.319 e. The molecule has 0 N–H and O–H groups in total. The second-order valence-electron chi connectivity index (χ2n) is 5.79. The molecule has 0 aliphatic carbocycles. The van der Waals surface area contributed by atoms with E-state index in [4.69, 9.17) is 0 Å². The van der Waals surface area contributed by atoms with Crippen molar-refractivity contribution in [1.29, 1.82) is 0 Å². The van der Waals surface area contributed by atoms with Gasteiger partial charge in [-0.2, -0.15) is 0 Å². The van der Waals surface area contributed by atoms with Crippen molar-refractivity contribution in [3.05, 3.63) is 30.3 Å². The molecule has 0 amide bonds. The van der Waals surface area contributed by atoms with Crippen LogP contribution >= 0.6 is 7.14 Å². The zero-order valence-corrected chi connectivity index (χ0v) is 14.2. The van der Waals surface area contributed by atoms with Crippen molar-refractivity contribution in [3.8, 4) is 0 Å². The minimum atomic E-state index is -2.15. The minimum absolute atomic E-state index is 0.906. The second kappa shape index (κ2) is 10.2. The Kier molecular flexibility index (Phi) is 8.94. The molecule has 0 heterocycles. The average Bonchev–Trinajstić information content (AvgIpc) is 2.49. The second-order valence-corrected chi connectivity index (χ2v) is 8.98. The van der Waals surface area contributed by atoms with Crippen molar-refractivity contribution >= 4 is 12.4 Å². The van der Waals surface area contributed by atoms with Gasteiger partial charge < -0.3 is 4.57 Å². The van der Waals surface area contributed by atoms with E-state index in [1.54, 1.807) is 0 Å². The van der Waals surface area contributed by atoms with Gasteiger partial charge in [-0.15, -0.1) is 0 Å². The van der Waals surface area contributed by atoms with Crippen LogP contribution in [0.4, 0.5) is 0 Å². The first kappa shape index (κ1) is 17.5. The van der Waals surface area contributed by atoms with Crippen LogP contribution in [0.5, 0.6) is 0 Å². The summed E-state index contributed by atoms with van der Waals surface area (Å²) in [5.41, 5.74) is 0. The summed E-state index contributed by atoms with van der Waals surface area (Å²) in [5, 5.41) is 1.10. The zero-order chi connectivity index (χ0) is 14.7. The molecular formula is C18H31OP. The van der Waals surface area contributed by atoms with Crippen LogP contribution in [0, 0.1) is 0 Å². The third-order valence-electron chi connectivity index (χ3n) is 3.97. The van der Waals surface area contributed by atoms with Gasteiger partial charge in [0.1, 0.15) is 7.14 Å². The Labute approximate surface area is 125 Å². The van der Waals surface area contributed by atoms with Crippen LogP contribution in [-0.2, 0) is 4.57 Å². The molecule has 114 valence electrons. The van der Waals surface area contributed by atoms with Gasteiger partial charge in [0.15, 0.2) is 0 Å². The van der Waals surface area contributed by atoms with E-state index < -0.39 is 7.14 Å². The SMILES string of the molecule is CCCCCCP(=O)(CCCCCC)c1ccccc1. The van der Waals surface area contributed by atoms with Gasteiger partial charge >= 0.3 is 0 Å². The smallest absolute Gasteiger partial charge is 0.115 e. The molecule has 20 heavy (non-hydrogen) atoms. The van der Waals surface area contributed by atoms with Gasteiger partial charge in [-0.1, -0.05) is 82.7 Å². The summed E-state index contributed by atoms with van der Waals surface area (Å²) >= 11 is 0. The van der Waals surface area contributed by atoms with Crippen molar-refractivity contribution in [1.82, 2.24) is 0 Å². The molecule has 0 bridgehead atoms. The van der Waals surface area contributed by atoms with Gasteiger partial charge in [-0.25, -0.2) is 0 Å². The van der Waals surface area contributed by atoms with Gasteiger partial charge in [0.05, 0.1) is 0 Å². The molecule has 1 aromatic rings. The summed E-state index contributed by atoms with van der Waals surface area (Å²) in [6.45, 7) is 4.45. The predicted octanol–water partition coefficient (Wildman–Crippen LogP) is 5.84. The van der Waals surface area contributed by atoms with Crippen molar-refractivity contribution in [2.45, 2.75) is 65.2 Å². The summed E-state index contributed by atoms with van der Waals surface area (Å²) in [6.07, 6.45) is 11.5. The molecule has 1 nitrogen and oxygen atoms in total. The molecule has 0 aliphatic heterocycles. The van der Waals surface area contributed by atoms with E-state index in [1.165, 1.54) is 38.5 Å². The van der Waals surface area contributed by atoms with Crippen LogP contribution in [0.2, 0.25) is 0 Å². The van der Waals surface area contributed by atoms with Gasteiger partial charge in [0.2, 0.25) is 0 Å². The number of benzene rings is 1. The Hall–Kier alpha value is -0.550. The minimum Gasteiger partial charge on any atom is -0.319 e. The van der Waals surface area contributed by atoms with E-state index in [1.807, 2.05) is 18.2 Å². The first-order valence-corrected chi connectivity index (χ1v) is 10.4. The van der Waals surface area contributed by atoms with Crippen LogP contribution in [0.1, 0.15) is 65.2 Å². The molecule has 1 aromatic carbocycles. The molecule has 2 heteroatoms. The highest BCUT2D eigenvalue weighted by Crippen LogP contribution is 2.46. The van der Waals surface area contributed by atoms with Gasteiger partial charge in [-0.05, 0) is 12.8 Å². The summed E-state index contributed by atoms with van der Waals surface area (Å²) in [4.78, 5) is 0. The van der Waals surface area contributed by atoms with Crippen molar-refractivity contribution in [2.24, 2.45) is 0 Å². The summed E-state index contributed by atoms with van der Waals surface area (Å²) in [5.74, 6) is 0. The highest BCUT2D eigenvalue weighted by Gasteiger charge is 2.23. The van der Waals surface area contributed by atoms with E-state index in [2.05, 4.69) is 26.0 Å². The third-order valence-corrected chi connectivity index (χ3v) is 7.29. The molecule has 0 aromatic heterocycles. The maximum atomic E-state index is 13.3. The van der Waals surface area contributed by atoms with Crippen LogP contribution in [0.3, 0.4) is 0 Å². The molecule has 1 rings (SSSR count). The first-order valence-electron chi connectivity index (χ1n) is 8.36. The topological polar surface area (TPSA) is 17.1 Å². The Morgan fingerprint density at radius 2 is 1.25 bits per heavy atom. The highest BCUT2D eigenvalue weighted by molar-refractivity contribution is 7.71. The van der Waals surface area contributed by atoms with E-state index >= 15 is 0 Å². The Morgan fingerprint density at radius 3 is 1.70 bits per heavy atom. The maximum absolute atomic E-state index is 13.3. The Balaban J connectivity index is 2.60. The van der Waals surface area contributed by atoms with E-state index in [9.17, 15) is 4.57 Å². The van der Waals surface area contributed by atoms with Crippen LogP contribution in [0.25, 0.3) is 0 Å². The van der Waals surface area contributed by atoms with Crippen LogP contribution < -0.4 is 5.30 Å². The number of unbranched alkanes of at least 4 members (excludes halogenated alkanes) is 6. The maximum Gasteiger partial charge on any atom is 0.115 e. The lowest BCUT2D eigenvalue weighted by molar-refractivity contribution is 0.572. The molecule has 0 saturated heterocycles. The Morgan fingerprint density at radius 1 is 0.750 bits per heavy atom. The Bertz CT molecular complexity index is 370. The van der Waals surface area contributed by atoms with Gasteiger partial charge in [0, 0.05) is 17.6 Å². The lowest BCUT2D eigenvalue weighted by Crippen LogP contribution is -2.11. The van der Waals surface area contributed by atoms with Gasteiger partial charge in [0.25, 0.3) is 0 Å². The third kappa shape index (κ3) is 6.27. The molecule has 0 aliphatic rings. The molecule has 0 fully saturated rings. The van der Waals surface area contributed by atoms with Crippen LogP contribution in [0.15, 0.2) is 30.3 Å². The standard InChI is InChI=1S/C18H31OP/c1-3-5-7-12-16-20(19,17-13-8-6-4-2)18-14-10-9-11-15-18/h9-11,14-15H,3-8,12-13,16-17H2,1-2H3. The summed E-state index contributed by atoms with van der Waals surface area (Å²) in [7, 11) is -2.15. The summed E-state index contributed by atoms with van der Waals surface area (Å²) in [6, 6.07) is 10.2. The highest BCUT2D eigenvalue weighted by atomic mass is 31.2. The van der Waals surface area contributed by atoms with E-state index in [0.29, 0.717) is 0 Å². The van der Waals surface area contributed by atoms with Gasteiger partial charge in [-0.3, -0.25) is 0 Å². The number of hydrogen-bond acceptors (Lipinski definition) is 1. The van der Waals surface area contributed by atoms with Crippen molar-refractivity contribution in [2.75, 3.05) is 12.3 Å². The molecule has 0 radical (unpaired) electrons. The average molecular weight is 294 g/mol. The lowest BCUT2D eigenvalue weighted by atomic mass is 10.2. The van der Waals surface area contributed by atoms with Crippen molar-refractivity contribution in [3.63, 3.8) is 0 Å². The lowest BCUT2D eigenvalue weighted by Gasteiger charge is -2.19. The quantitative estimate of drug-likeness (QED) is 0.370. The normalized spacial score (nSPS) is 11.7. The molecule has 0 unspecified atom stereocenters. The van der Waals surface area contributed by atoms with E-state index in [-0.39, 0.29) is 0 Å². The predicted molar refractivity (Wildman–Crippen MR) is 91.7 cm³/mol. The molecule has 0 saturated carbocycles. The fourth-order valence-electron chi connectivity index (χ4n) is 2.66. The van der Waals surface area contributed by atoms with E-state index in [0.717, 1.165) is 30.5 Å². The molecular weight excluding hydrogens is 263 g/mol. The summed E-state index contributed by atoms with van der Waals surface area (Å²) < 4.78 is 13.3. The van der Waals surface area contributed by atoms with Crippen LogP contribution in [-0.4, -0.2) is 12.3 Å². The fraction of sp³-hybridized carbons (Fsp3) is 0.667. The number of rotatable bonds is 11.